The number of hydrogen-bond donors (Lipinski definition) is 2. The van der Waals surface area contributed by atoms with E-state index in [1.54, 1.807) is 12.3 Å². The molecule has 0 spiro atoms. The first-order valence-corrected chi connectivity index (χ1v) is 6.88. The van der Waals surface area contributed by atoms with Crippen LogP contribution in [0, 0.1) is 0 Å². The van der Waals surface area contributed by atoms with Crippen LogP contribution in [0.5, 0.6) is 0 Å². The van der Waals surface area contributed by atoms with Gasteiger partial charge in [0.1, 0.15) is 10.2 Å². The van der Waals surface area contributed by atoms with Gasteiger partial charge in [0.25, 0.3) is 0 Å². The summed E-state index contributed by atoms with van der Waals surface area (Å²) in [6.45, 7) is 0. The van der Waals surface area contributed by atoms with Crippen molar-refractivity contribution in [2.24, 2.45) is 0 Å². The van der Waals surface area contributed by atoms with Gasteiger partial charge in [0, 0.05) is 22.0 Å². The molecule has 0 bridgehead atoms. The molecule has 0 aliphatic carbocycles. The van der Waals surface area contributed by atoms with Gasteiger partial charge < -0.3 is 10.8 Å². The van der Waals surface area contributed by atoms with Crippen molar-refractivity contribution in [3.05, 3.63) is 43.6 Å². The van der Waals surface area contributed by atoms with Crippen LogP contribution in [0.25, 0.3) is 0 Å². The number of aliphatic hydroxyl groups is 1. The van der Waals surface area contributed by atoms with E-state index in [2.05, 4.69) is 20.9 Å². The molecule has 3 N–H and O–H groups in total. The molecule has 0 aliphatic heterocycles. The third-order valence-electron chi connectivity index (χ3n) is 2.27. The SMILES string of the molecule is Nc1cc(CC(O)c2cc(Br)c(Cl)s2)ccn1. The molecular formula is C11H10BrClN2OS. The van der Waals surface area contributed by atoms with Crippen LogP contribution in [0.3, 0.4) is 0 Å². The topological polar surface area (TPSA) is 59.1 Å². The zero-order chi connectivity index (χ0) is 12.4. The Balaban J connectivity index is 2.14. The van der Waals surface area contributed by atoms with Gasteiger partial charge in [-0.1, -0.05) is 11.6 Å². The predicted octanol–water partition coefficient (Wildman–Crippen LogP) is 3.42. The van der Waals surface area contributed by atoms with E-state index in [0.29, 0.717) is 16.6 Å². The zero-order valence-electron chi connectivity index (χ0n) is 8.73. The Morgan fingerprint density at radius 1 is 1.53 bits per heavy atom. The van der Waals surface area contributed by atoms with E-state index in [1.807, 2.05) is 12.1 Å². The van der Waals surface area contributed by atoms with Gasteiger partial charge in [0.05, 0.1) is 6.10 Å². The number of halogens is 2. The molecule has 0 saturated heterocycles. The minimum atomic E-state index is -0.578. The second-order valence-corrected chi connectivity index (χ2v) is 6.12. The Morgan fingerprint density at radius 2 is 2.29 bits per heavy atom. The van der Waals surface area contributed by atoms with Crippen molar-refractivity contribution in [2.45, 2.75) is 12.5 Å². The highest BCUT2D eigenvalue weighted by atomic mass is 79.9. The minimum absolute atomic E-state index is 0.458. The van der Waals surface area contributed by atoms with Gasteiger partial charge in [0.15, 0.2) is 0 Å². The highest BCUT2D eigenvalue weighted by Crippen LogP contribution is 2.36. The Bertz CT molecular complexity index is 512. The molecule has 0 aromatic carbocycles. The number of thiophene rings is 1. The fraction of sp³-hybridized carbons (Fsp3) is 0.182. The van der Waals surface area contributed by atoms with Gasteiger partial charge in [-0.25, -0.2) is 4.98 Å². The fourth-order valence-electron chi connectivity index (χ4n) is 1.47. The summed E-state index contributed by atoms with van der Waals surface area (Å²) < 4.78 is 1.46. The number of pyridine rings is 1. The molecule has 1 atom stereocenters. The predicted molar refractivity (Wildman–Crippen MR) is 74.3 cm³/mol. The van der Waals surface area contributed by atoms with Crippen molar-refractivity contribution in [1.29, 1.82) is 0 Å². The highest BCUT2D eigenvalue weighted by Gasteiger charge is 2.14. The van der Waals surface area contributed by atoms with E-state index in [1.165, 1.54) is 11.3 Å². The average molecular weight is 334 g/mol. The van der Waals surface area contributed by atoms with E-state index >= 15 is 0 Å². The molecule has 1 unspecified atom stereocenters. The van der Waals surface area contributed by atoms with Gasteiger partial charge in [0.2, 0.25) is 0 Å². The monoisotopic (exact) mass is 332 g/mol. The summed E-state index contributed by atoms with van der Waals surface area (Å²) in [6, 6.07) is 5.43. The third kappa shape index (κ3) is 3.19. The second kappa shape index (κ2) is 5.35. The number of aliphatic hydroxyl groups excluding tert-OH is 1. The lowest BCUT2D eigenvalue weighted by Gasteiger charge is -2.08. The molecule has 0 fully saturated rings. The standard InChI is InChI=1S/C11H10BrClN2OS/c12-7-5-9(17-11(7)13)8(16)3-6-1-2-15-10(14)4-6/h1-2,4-5,8,16H,3H2,(H2,14,15). The molecule has 2 heterocycles. The van der Waals surface area contributed by atoms with Crippen LogP contribution in [0.2, 0.25) is 4.34 Å². The lowest BCUT2D eigenvalue weighted by Crippen LogP contribution is -2.00. The molecular weight excluding hydrogens is 324 g/mol. The van der Waals surface area contributed by atoms with Crippen LogP contribution in [-0.4, -0.2) is 10.1 Å². The molecule has 0 saturated carbocycles. The number of nitrogens with two attached hydrogens (primary N) is 1. The number of anilines is 1. The lowest BCUT2D eigenvalue weighted by atomic mass is 10.1. The first kappa shape index (κ1) is 12.8. The van der Waals surface area contributed by atoms with Crippen LogP contribution >= 0.6 is 38.9 Å². The molecule has 2 aromatic heterocycles. The van der Waals surface area contributed by atoms with Crippen LogP contribution < -0.4 is 5.73 Å². The van der Waals surface area contributed by atoms with Gasteiger partial charge >= 0.3 is 0 Å². The van der Waals surface area contributed by atoms with Crippen LogP contribution in [0.1, 0.15) is 16.5 Å². The van der Waals surface area contributed by atoms with Gasteiger partial charge in [-0.15, -0.1) is 11.3 Å². The Morgan fingerprint density at radius 3 is 2.88 bits per heavy atom. The van der Waals surface area contributed by atoms with E-state index in [0.717, 1.165) is 14.9 Å². The fourth-order valence-corrected chi connectivity index (χ4v) is 3.20. The van der Waals surface area contributed by atoms with E-state index < -0.39 is 6.10 Å². The van der Waals surface area contributed by atoms with Crippen LogP contribution in [-0.2, 0) is 6.42 Å². The van der Waals surface area contributed by atoms with E-state index in [9.17, 15) is 5.11 Å². The molecule has 0 radical (unpaired) electrons. The van der Waals surface area contributed by atoms with Gasteiger partial charge in [-0.05, 0) is 39.7 Å². The van der Waals surface area contributed by atoms with Gasteiger partial charge in [-0.2, -0.15) is 0 Å². The Labute approximate surface area is 116 Å². The van der Waals surface area contributed by atoms with Crippen molar-refractivity contribution in [3.63, 3.8) is 0 Å². The largest absolute Gasteiger partial charge is 0.387 e. The first-order chi connectivity index (χ1) is 8.06. The highest BCUT2D eigenvalue weighted by molar-refractivity contribution is 9.10. The molecule has 0 aliphatic rings. The maximum Gasteiger partial charge on any atom is 0.123 e. The zero-order valence-corrected chi connectivity index (χ0v) is 11.9. The summed E-state index contributed by atoms with van der Waals surface area (Å²) in [7, 11) is 0. The number of hydrogen-bond acceptors (Lipinski definition) is 4. The van der Waals surface area contributed by atoms with Crippen molar-refractivity contribution in [1.82, 2.24) is 4.98 Å². The molecule has 0 amide bonds. The number of nitrogens with zero attached hydrogens (tertiary/aromatic N) is 1. The summed E-state index contributed by atoms with van der Waals surface area (Å²) in [5.41, 5.74) is 6.53. The summed E-state index contributed by atoms with van der Waals surface area (Å²) >= 11 is 10.6. The second-order valence-electron chi connectivity index (χ2n) is 3.58. The number of nitrogen functional groups attached to an aromatic ring is 1. The summed E-state index contributed by atoms with van der Waals surface area (Å²) in [4.78, 5) is 4.74. The van der Waals surface area contributed by atoms with Crippen LogP contribution in [0.4, 0.5) is 5.82 Å². The van der Waals surface area contributed by atoms with Crippen molar-refractivity contribution < 1.29 is 5.11 Å². The smallest absolute Gasteiger partial charge is 0.123 e. The first-order valence-electron chi connectivity index (χ1n) is 4.89. The number of rotatable bonds is 3. The van der Waals surface area contributed by atoms with Crippen molar-refractivity contribution in [2.75, 3.05) is 5.73 Å². The molecule has 90 valence electrons. The minimum Gasteiger partial charge on any atom is -0.387 e. The summed E-state index contributed by atoms with van der Waals surface area (Å²) in [5.74, 6) is 0.458. The third-order valence-corrected chi connectivity index (χ3v) is 4.84. The maximum atomic E-state index is 10.1. The van der Waals surface area contributed by atoms with Crippen LogP contribution in [0.15, 0.2) is 28.9 Å². The molecule has 3 nitrogen and oxygen atoms in total. The normalized spacial score (nSPS) is 12.6. The lowest BCUT2D eigenvalue weighted by molar-refractivity contribution is 0.182. The molecule has 2 aromatic rings. The Kier molecular flexibility index (Phi) is 4.04. The van der Waals surface area contributed by atoms with Gasteiger partial charge in [-0.3, -0.25) is 0 Å². The average Bonchev–Trinajstić information content (AvgIpc) is 2.59. The maximum absolute atomic E-state index is 10.1. The van der Waals surface area contributed by atoms with Crippen molar-refractivity contribution >= 4 is 44.7 Å². The van der Waals surface area contributed by atoms with E-state index in [-0.39, 0.29) is 0 Å². The van der Waals surface area contributed by atoms with E-state index in [4.69, 9.17) is 17.3 Å². The molecule has 2 rings (SSSR count). The summed E-state index contributed by atoms with van der Waals surface area (Å²) in [5, 5.41) is 10.1. The molecule has 6 heteroatoms. The molecule has 17 heavy (non-hydrogen) atoms. The summed E-state index contributed by atoms with van der Waals surface area (Å²) in [6.07, 6.45) is 1.55. The number of aromatic nitrogens is 1. The van der Waals surface area contributed by atoms with Crippen molar-refractivity contribution in [3.8, 4) is 0 Å². The quantitative estimate of drug-likeness (QED) is 0.905. The Hall–Kier alpha value is -0.620.